The highest BCUT2D eigenvalue weighted by Crippen LogP contribution is 2.31. The van der Waals surface area contributed by atoms with Gasteiger partial charge in [0.05, 0.1) is 4.90 Å². The number of rotatable bonds is 6. The van der Waals surface area contributed by atoms with Gasteiger partial charge in [0.1, 0.15) is 11.4 Å². The molecule has 0 aliphatic carbocycles. The zero-order valence-corrected chi connectivity index (χ0v) is 13.6. The van der Waals surface area contributed by atoms with E-state index in [1.54, 1.807) is 24.3 Å². The van der Waals surface area contributed by atoms with Crippen molar-refractivity contribution in [2.75, 3.05) is 12.8 Å². The van der Waals surface area contributed by atoms with Crippen LogP contribution in [-0.2, 0) is 15.4 Å². The second kappa shape index (κ2) is 6.50. The predicted octanol–water partition coefficient (Wildman–Crippen LogP) is 2.73. The van der Waals surface area contributed by atoms with E-state index in [4.69, 9.17) is 10.5 Å². The van der Waals surface area contributed by atoms with E-state index in [0.717, 1.165) is 5.56 Å². The molecule has 0 fully saturated rings. The first kappa shape index (κ1) is 16.5. The van der Waals surface area contributed by atoms with Crippen molar-refractivity contribution >= 4 is 9.84 Å². The van der Waals surface area contributed by atoms with E-state index in [1.165, 1.54) is 6.26 Å². The fraction of sp³-hybridized carbons (Fsp3) is 0.294. The van der Waals surface area contributed by atoms with E-state index >= 15 is 0 Å². The molecule has 0 saturated carbocycles. The summed E-state index contributed by atoms with van der Waals surface area (Å²) in [6.45, 7) is 2.48. The Hall–Kier alpha value is -1.85. The van der Waals surface area contributed by atoms with Crippen LogP contribution in [0.15, 0.2) is 59.5 Å². The molecule has 2 N–H and O–H groups in total. The van der Waals surface area contributed by atoms with Crippen LogP contribution in [0.1, 0.15) is 18.9 Å². The van der Waals surface area contributed by atoms with Crippen LogP contribution in [0.5, 0.6) is 5.75 Å². The molecule has 0 spiro atoms. The highest BCUT2D eigenvalue weighted by molar-refractivity contribution is 7.90. The lowest BCUT2D eigenvalue weighted by Gasteiger charge is -2.31. The maximum Gasteiger partial charge on any atom is 0.175 e. The van der Waals surface area contributed by atoms with Gasteiger partial charge in [-0.2, -0.15) is 0 Å². The zero-order chi connectivity index (χ0) is 16.2. The zero-order valence-electron chi connectivity index (χ0n) is 12.8. The molecule has 2 aromatic carbocycles. The molecule has 2 rings (SSSR count). The smallest absolute Gasteiger partial charge is 0.175 e. The number of hydrogen-bond acceptors (Lipinski definition) is 4. The normalized spacial score (nSPS) is 14.3. The Bertz CT molecular complexity index is 711. The van der Waals surface area contributed by atoms with Crippen LogP contribution < -0.4 is 10.5 Å². The largest absolute Gasteiger partial charge is 0.483 e. The minimum atomic E-state index is -3.20. The second-order valence-electron chi connectivity index (χ2n) is 5.48. The Labute approximate surface area is 131 Å². The summed E-state index contributed by atoms with van der Waals surface area (Å²) in [4.78, 5) is 0.278. The molecule has 1 unspecified atom stereocenters. The highest BCUT2D eigenvalue weighted by Gasteiger charge is 2.28. The standard InChI is InChI=1S/C17H21NO3S/c1-17(12-13-18,14-6-4-3-5-7-14)21-15-8-10-16(11-9-15)22(2,19)20/h3-11H,12-13,18H2,1-2H3. The molecule has 0 aliphatic rings. The molecule has 4 nitrogen and oxygen atoms in total. The Balaban J connectivity index is 2.29. The monoisotopic (exact) mass is 319 g/mol. The molecule has 0 heterocycles. The van der Waals surface area contributed by atoms with Crippen molar-refractivity contribution in [3.8, 4) is 5.75 Å². The molecule has 1 atom stereocenters. The van der Waals surface area contributed by atoms with Crippen LogP contribution in [-0.4, -0.2) is 21.2 Å². The third kappa shape index (κ3) is 3.87. The summed E-state index contributed by atoms with van der Waals surface area (Å²) in [7, 11) is -3.20. The van der Waals surface area contributed by atoms with Gasteiger partial charge in [0.2, 0.25) is 0 Å². The fourth-order valence-corrected chi connectivity index (χ4v) is 2.97. The number of sulfone groups is 1. The lowest BCUT2D eigenvalue weighted by atomic mass is 9.92. The van der Waals surface area contributed by atoms with Crippen LogP contribution in [0.25, 0.3) is 0 Å². The lowest BCUT2D eigenvalue weighted by molar-refractivity contribution is 0.0796. The van der Waals surface area contributed by atoms with E-state index in [0.29, 0.717) is 18.7 Å². The molecule has 0 saturated heterocycles. The minimum Gasteiger partial charge on any atom is -0.483 e. The summed E-state index contributed by atoms with van der Waals surface area (Å²) < 4.78 is 29.1. The first-order valence-electron chi connectivity index (χ1n) is 7.10. The van der Waals surface area contributed by atoms with Crippen molar-refractivity contribution in [2.45, 2.75) is 23.8 Å². The number of ether oxygens (including phenoxy) is 1. The van der Waals surface area contributed by atoms with Crippen LogP contribution in [0.2, 0.25) is 0 Å². The van der Waals surface area contributed by atoms with E-state index < -0.39 is 15.4 Å². The average molecular weight is 319 g/mol. The Kier molecular flexibility index (Phi) is 4.88. The van der Waals surface area contributed by atoms with Crippen molar-refractivity contribution < 1.29 is 13.2 Å². The van der Waals surface area contributed by atoms with Crippen molar-refractivity contribution in [1.82, 2.24) is 0 Å². The predicted molar refractivity (Wildman–Crippen MR) is 87.6 cm³/mol. The van der Waals surface area contributed by atoms with E-state index in [9.17, 15) is 8.42 Å². The lowest BCUT2D eigenvalue weighted by Crippen LogP contribution is -2.32. The molecular weight excluding hydrogens is 298 g/mol. The minimum absolute atomic E-state index is 0.278. The van der Waals surface area contributed by atoms with Crippen LogP contribution in [0, 0.1) is 0 Å². The summed E-state index contributed by atoms with van der Waals surface area (Å²) in [6.07, 6.45) is 1.84. The van der Waals surface area contributed by atoms with Gasteiger partial charge in [-0.05, 0) is 43.3 Å². The van der Waals surface area contributed by atoms with Gasteiger partial charge in [-0.15, -0.1) is 0 Å². The summed E-state index contributed by atoms with van der Waals surface area (Å²) >= 11 is 0. The fourth-order valence-electron chi connectivity index (χ4n) is 2.34. The van der Waals surface area contributed by atoms with Crippen LogP contribution in [0.3, 0.4) is 0 Å². The van der Waals surface area contributed by atoms with Gasteiger partial charge >= 0.3 is 0 Å². The summed E-state index contributed by atoms with van der Waals surface area (Å²) in [6, 6.07) is 16.3. The highest BCUT2D eigenvalue weighted by atomic mass is 32.2. The molecule has 0 amide bonds. The number of benzene rings is 2. The van der Waals surface area contributed by atoms with Crippen molar-refractivity contribution in [2.24, 2.45) is 5.73 Å². The molecule has 0 aromatic heterocycles. The number of hydrogen-bond donors (Lipinski definition) is 1. The van der Waals surface area contributed by atoms with Crippen molar-refractivity contribution in [3.05, 3.63) is 60.2 Å². The molecule has 0 bridgehead atoms. The van der Waals surface area contributed by atoms with E-state index in [-0.39, 0.29) is 4.90 Å². The molecular formula is C17H21NO3S. The summed E-state index contributed by atoms with van der Waals surface area (Å²) in [5.74, 6) is 0.618. The SMILES string of the molecule is CC(CCN)(Oc1ccc(S(C)(=O)=O)cc1)c1ccccc1. The van der Waals surface area contributed by atoms with Gasteiger partial charge in [0.25, 0.3) is 0 Å². The maximum absolute atomic E-state index is 11.5. The Morgan fingerprint density at radius 1 is 1.05 bits per heavy atom. The van der Waals surface area contributed by atoms with E-state index in [2.05, 4.69) is 0 Å². The third-order valence-electron chi connectivity index (χ3n) is 3.60. The maximum atomic E-state index is 11.5. The Morgan fingerprint density at radius 2 is 1.64 bits per heavy atom. The summed E-state index contributed by atoms with van der Waals surface area (Å²) in [5, 5.41) is 0. The molecule has 0 aliphatic heterocycles. The van der Waals surface area contributed by atoms with Gasteiger partial charge in [0, 0.05) is 12.7 Å². The van der Waals surface area contributed by atoms with Gasteiger partial charge in [-0.25, -0.2) is 8.42 Å². The van der Waals surface area contributed by atoms with Crippen molar-refractivity contribution in [1.29, 1.82) is 0 Å². The first-order valence-corrected chi connectivity index (χ1v) is 8.99. The molecule has 0 radical (unpaired) electrons. The van der Waals surface area contributed by atoms with Gasteiger partial charge < -0.3 is 10.5 Å². The molecule has 5 heteroatoms. The van der Waals surface area contributed by atoms with Crippen LogP contribution in [0.4, 0.5) is 0 Å². The van der Waals surface area contributed by atoms with E-state index in [1.807, 2.05) is 37.3 Å². The van der Waals surface area contributed by atoms with Gasteiger partial charge in [-0.3, -0.25) is 0 Å². The van der Waals surface area contributed by atoms with Crippen molar-refractivity contribution in [3.63, 3.8) is 0 Å². The quantitative estimate of drug-likeness (QED) is 0.889. The molecule has 2 aromatic rings. The molecule has 118 valence electrons. The first-order chi connectivity index (χ1) is 10.3. The molecule has 22 heavy (non-hydrogen) atoms. The second-order valence-corrected chi connectivity index (χ2v) is 7.50. The van der Waals surface area contributed by atoms with Gasteiger partial charge in [0.15, 0.2) is 9.84 Å². The third-order valence-corrected chi connectivity index (χ3v) is 4.73. The van der Waals surface area contributed by atoms with Gasteiger partial charge in [-0.1, -0.05) is 30.3 Å². The topological polar surface area (TPSA) is 69.4 Å². The number of nitrogens with two attached hydrogens (primary N) is 1. The Morgan fingerprint density at radius 3 is 2.14 bits per heavy atom. The summed E-state index contributed by atoms with van der Waals surface area (Å²) in [5.41, 5.74) is 6.21. The average Bonchev–Trinajstić information content (AvgIpc) is 2.48. The van der Waals surface area contributed by atoms with Crippen LogP contribution >= 0.6 is 0 Å².